The molecule has 0 unspecified atom stereocenters. The van der Waals surface area contributed by atoms with Gasteiger partial charge < -0.3 is 20.4 Å². The topological polar surface area (TPSA) is 96.7 Å². The van der Waals surface area contributed by atoms with E-state index in [0.29, 0.717) is 19.6 Å². The van der Waals surface area contributed by atoms with Crippen LogP contribution in [0.15, 0.2) is 17.5 Å². The summed E-state index contributed by atoms with van der Waals surface area (Å²) in [5, 5.41) is 11.7. The molecule has 2 heterocycles. The highest BCUT2D eigenvalue weighted by molar-refractivity contribution is 6.05. The molecule has 1 aromatic heterocycles. The number of hydrogen-bond acceptors (Lipinski definition) is 4. The van der Waals surface area contributed by atoms with E-state index in [2.05, 4.69) is 10.1 Å². The van der Waals surface area contributed by atoms with Crippen molar-refractivity contribution in [1.82, 2.24) is 14.5 Å². The normalized spacial score (nSPS) is 16.6. The molecule has 7 heteroatoms. The van der Waals surface area contributed by atoms with Gasteiger partial charge in [0.1, 0.15) is 11.2 Å². The van der Waals surface area contributed by atoms with Crippen LogP contribution in [-0.4, -0.2) is 37.9 Å². The zero-order chi connectivity index (χ0) is 13.3. The van der Waals surface area contributed by atoms with Gasteiger partial charge in [-0.05, 0) is 13.8 Å². The molecule has 7 nitrogen and oxygen atoms in total. The van der Waals surface area contributed by atoms with Crippen LogP contribution in [0.2, 0.25) is 0 Å². The molecule has 0 aliphatic carbocycles. The minimum absolute atomic E-state index is 0.0820. The first-order chi connectivity index (χ1) is 8.46. The molecule has 0 saturated carbocycles. The lowest BCUT2D eigenvalue weighted by atomic mass is 9.90. The Morgan fingerprint density at radius 1 is 1.56 bits per heavy atom. The molecule has 0 spiro atoms. The average molecular weight is 251 g/mol. The second kappa shape index (κ2) is 4.32. The maximum absolute atomic E-state index is 12.4. The highest BCUT2D eigenvalue weighted by Crippen LogP contribution is 2.22. The molecule has 0 fully saturated rings. The van der Waals surface area contributed by atoms with Gasteiger partial charge in [0, 0.05) is 25.5 Å². The van der Waals surface area contributed by atoms with Crippen LogP contribution in [0, 0.1) is 5.41 Å². The number of amidine groups is 1. The van der Waals surface area contributed by atoms with E-state index in [1.165, 1.54) is 0 Å². The van der Waals surface area contributed by atoms with Crippen molar-refractivity contribution in [1.29, 1.82) is 0 Å². The van der Waals surface area contributed by atoms with Gasteiger partial charge in [-0.2, -0.15) is 0 Å². The molecule has 0 aromatic carbocycles. The van der Waals surface area contributed by atoms with Crippen LogP contribution < -0.4 is 5.73 Å². The maximum Gasteiger partial charge on any atom is 0.236 e. The fourth-order valence-corrected chi connectivity index (χ4v) is 1.98. The quantitative estimate of drug-likeness (QED) is 0.334. The molecule has 2 rings (SSSR count). The van der Waals surface area contributed by atoms with Gasteiger partial charge in [0.25, 0.3) is 0 Å². The van der Waals surface area contributed by atoms with Crippen molar-refractivity contribution in [3.8, 4) is 0 Å². The van der Waals surface area contributed by atoms with Crippen molar-refractivity contribution < 1.29 is 10.0 Å². The molecule has 0 saturated heterocycles. The summed E-state index contributed by atoms with van der Waals surface area (Å²) < 4.78 is 2.01. The summed E-state index contributed by atoms with van der Waals surface area (Å²) in [6, 6.07) is 0. The zero-order valence-corrected chi connectivity index (χ0v) is 10.5. The second-order valence-corrected chi connectivity index (χ2v) is 4.87. The van der Waals surface area contributed by atoms with Crippen LogP contribution in [0.25, 0.3) is 0 Å². The molecule has 1 aromatic rings. The molecule has 1 amide bonds. The fourth-order valence-electron chi connectivity index (χ4n) is 1.98. The molecule has 0 atom stereocenters. The summed E-state index contributed by atoms with van der Waals surface area (Å²) in [4.78, 5) is 18.2. The van der Waals surface area contributed by atoms with Crippen LogP contribution in [0.5, 0.6) is 0 Å². The number of hydrogen-bond donors (Lipinski definition) is 2. The van der Waals surface area contributed by atoms with E-state index in [0.717, 1.165) is 5.82 Å². The van der Waals surface area contributed by atoms with Crippen molar-refractivity contribution in [2.24, 2.45) is 16.3 Å². The summed E-state index contributed by atoms with van der Waals surface area (Å²) in [7, 11) is 0. The number of rotatable bonds is 2. The number of imidazole rings is 1. The SMILES string of the molecule is CC(C)(C(=O)N1CCn2ccnc2C1)C(N)=NO. The first kappa shape index (κ1) is 12.4. The zero-order valence-electron chi connectivity index (χ0n) is 10.5. The number of carbonyl (C=O) groups excluding carboxylic acids is 1. The third kappa shape index (κ3) is 1.92. The van der Waals surface area contributed by atoms with Crippen LogP contribution in [0.1, 0.15) is 19.7 Å². The van der Waals surface area contributed by atoms with Crippen molar-refractivity contribution >= 4 is 11.7 Å². The van der Waals surface area contributed by atoms with Crippen molar-refractivity contribution in [3.63, 3.8) is 0 Å². The van der Waals surface area contributed by atoms with Gasteiger partial charge in [-0.15, -0.1) is 0 Å². The van der Waals surface area contributed by atoms with E-state index in [1.807, 2.05) is 10.8 Å². The average Bonchev–Trinajstić information content (AvgIpc) is 2.83. The Morgan fingerprint density at radius 2 is 2.28 bits per heavy atom. The van der Waals surface area contributed by atoms with Gasteiger partial charge in [-0.1, -0.05) is 5.16 Å². The minimum atomic E-state index is -1.01. The van der Waals surface area contributed by atoms with Gasteiger partial charge in [-0.25, -0.2) is 4.98 Å². The van der Waals surface area contributed by atoms with E-state index in [9.17, 15) is 4.79 Å². The summed E-state index contributed by atoms with van der Waals surface area (Å²) in [6.45, 7) is 5.06. The summed E-state index contributed by atoms with van der Waals surface area (Å²) in [6.07, 6.45) is 3.61. The number of fused-ring (bicyclic) bond motifs is 1. The van der Waals surface area contributed by atoms with Crippen LogP contribution >= 0.6 is 0 Å². The Labute approximate surface area is 105 Å². The number of carbonyl (C=O) groups is 1. The van der Waals surface area contributed by atoms with E-state index in [1.54, 1.807) is 24.9 Å². The highest BCUT2D eigenvalue weighted by Gasteiger charge is 2.37. The van der Waals surface area contributed by atoms with Crippen molar-refractivity contribution in [2.75, 3.05) is 6.54 Å². The molecule has 98 valence electrons. The van der Waals surface area contributed by atoms with Gasteiger partial charge in [0.15, 0.2) is 5.84 Å². The molecule has 0 bridgehead atoms. The number of nitrogens with zero attached hydrogens (tertiary/aromatic N) is 4. The van der Waals surface area contributed by atoms with Crippen molar-refractivity contribution in [3.05, 3.63) is 18.2 Å². The Balaban J connectivity index is 2.17. The van der Waals surface area contributed by atoms with Crippen LogP contribution in [0.3, 0.4) is 0 Å². The van der Waals surface area contributed by atoms with Crippen LogP contribution in [-0.2, 0) is 17.9 Å². The summed E-state index contributed by atoms with van der Waals surface area (Å²) in [5.41, 5.74) is 4.55. The smallest absolute Gasteiger partial charge is 0.236 e. The Bertz CT molecular complexity index is 491. The van der Waals surface area contributed by atoms with E-state index in [-0.39, 0.29) is 11.7 Å². The monoisotopic (exact) mass is 251 g/mol. The maximum atomic E-state index is 12.4. The first-order valence-corrected chi connectivity index (χ1v) is 5.74. The predicted octanol–water partition coefficient (Wildman–Crippen LogP) is -0.00210. The molecule has 3 N–H and O–H groups in total. The van der Waals surface area contributed by atoms with Crippen molar-refractivity contribution in [2.45, 2.75) is 26.9 Å². The van der Waals surface area contributed by atoms with E-state index < -0.39 is 5.41 Å². The van der Waals surface area contributed by atoms with Gasteiger partial charge >= 0.3 is 0 Å². The van der Waals surface area contributed by atoms with E-state index >= 15 is 0 Å². The minimum Gasteiger partial charge on any atom is -0.409 e. The lowest BCUT2D eigenvalue weighted by Gasteiger charge is -2.33. The molecule has 1 aliphatic heterocycles. The molecule has 18 heavy (non-hydrogen) atoms. The summed E-state index contributed by atoms with van der Waals surface area (Å²) >= 11 is 0. The van der Waals surface area contributed by atoms with E-state index in [4.69, 9.17) is 10.9 Å². The fraction of sp³-hybridized carbons (Fsp3) is 0.545. The largest absolute Gasteiger partial charge is 0.409 e. The Hall–Kier alpha value is -2.05. The number of aromatic nitrogens is 2. The molecular formula is C11H17N5O2. The number of oxime groups is 1. The van der Waals surface area contributed by atoms with Crippen LogP contribution in [0.4, 0.5) is 0 Å². The predicted molar refractivity (Wildman–Crippen MR) is 64.8 cm³/mol. The molecule has 1 aliphatic rings. The Kier molecular flexibility index (Phi) is 2.98. The lowest BCUT2D eigenvalue weighted by molar-refractivity contribution is -0.138. The third-order valence-corrected chi connectivity index (χ3v) is 3.31. The van der Waals surface area contributed by atoms with Gasteiger partial charge in [-0.3, -0.25) is 4.79 Å². The number of nitrogens with two attached hydrogens (primary N) is 1. The summed E-state index contributed by atoms with van der Waals surface area (Å²) in [5.74, 6) is 0.610. The number of amides is 1. The van der Waals surface area contributed by atoms with Gasteiger partial charge in [0.05, 0.1) is 6.54 Å². The Morgan fingerprint density at radius 3 is 2.94 bits per heavy atom. The molecule has 0 radical (unpaired) electrons. The first-order valence-electron chi connectivity index (χ1n) is 5.74. The third-order valence-electron chi connectivity index (χ3n) is 3.31. The second-order valence-electron chi connectivity index (χ2n) is 4.87. The highest BCUT2D eigenvalue weighted by atomic mass is 16.4. The molecular weight excluding hydrogens is 234 g/mol. The van der Waals surface area contributed by atoms with Gasteiger partial charge in [0.2, 0.25) is 5.91 Å². The lowest BCUT2D eigenvalue weighted by Crippen LogP contribution is -2.50. The standard InChI is InChI=1S/C11H17N5O2/c1-11(2,9(12)14-18)10(17)16-6-5-15-4-3-13-8(15)7-16/h3-4,18H,5-7H2,1-2H3,(H2,12,14).